The fraction of sp³-hybridized carbons (Fsp3) is 0.133. The Balaban J connectivity index is 1.73. The van der Waals surface area contributed by atoms with E-state index in [1.807, 2.05) is 29.6 Å². The van der Waals surface area contributed by atoms with E-state index in [1.54, 1.807) is 5.51 Å². The number of rotatable bonds is 5. The molecule has 1 aliphatic rings. The van der Waals surface area contributed by atoms with Gasteiger partial charge < -0.3 is 10.4 Å². The predicted octanol–water partition coefficient (Wildman–Crippen LogP) is 1.47. The van der Waals surface area contributed by atoms with E-state index in [9.17, 15) is 9.59 Å². The molecule has 1 aliphatic heterocycles. The molecule has 0 saturated carbocycles. The molecule has 22 heavy (non-hydrogen) atoms. The number of aliphatic hydroxyl groups is 1. The van der Waals surface area contributed by atoms with Crippen molar-refractivity contribution in [2.75, 3.05) is 18.5 Å². The van der Waals surface area contributed by atoms with Gasteiger partial charge in [-0.05, 0) is 12.1 Å². The molecule has 0 radical (unpaired) electrons. The number of hydrogen-bond acceptors (Lipinski definition) is 6. The summed E-state index contributed by atoms with van der Waals surface area (Å²) in [5.41, 5.74) is 4.57. The number of carbonyl (C=O) groups excluding carboxylic acids is 2. The highest BCUT2D eigenvalue weighted by Crippen LogP contribution is 2.23. The fourth-order valence-corrected chi connectivity index (χ4v) is 2.71. The second-order valence-corrected chi connectivity index (χ2v) is 5.37. The maximum atomic E-state index is 12.0. The van der Waals surface area contributed by atoms with Crippen LogP contribution in [0.25, 0.3) is 11.3 Å². The van der Waals surface area contributed by atoms with Gasteiger partial charge in [0.25, 0.3) is 11.8 Å². The summed E-state index contributed by atoms with van der Waals surface area (Å²) in [6.45, 7) is -0.247. The Labute approximate surface area is 130 Å². The van der Waals surface area contributed by atoms with E-state index >= 15 is 0 Å². The van der Waals surface area contributed by atoms with Crippen molar-refractivity contribution in [3.8, 4) is 11.3 Å². The van der Waals surface area contributed by atoms with Gasteiger partial charge in [0.1, 0.15) is 5.70 Å². The summed E-state index contributed by atoms with van der Waals surface area (Å²) in [5, 5.41) is 13.8. The van der Waals surface area contributed by atoms with Crippen LogP contribution in [0.4, 0.5) is 5.69 Å². The first-order chi connectivity index (χ1) is 10.7. The van der Waals surface area contributed by atoms with Gasteiger partial charge in [0.15, 0.2) is 0 Å². The standard InChI is InChI=1S/C15H13N3O3S/c19-6-5-18-14(20)7-12(15(18)21)17-11-3-1-10(2-4-11)13-8-22-9-16-13/h1-4,7-9,17,19H,5-6H2. The molecule has 2 N–H and O–H groups in total. The number of carbonyl (C=O) groups is 2. The molecule has 0 bridgehead atoms. The molecule has 1 aromatic heterocycles. The third-order valence-electron chi connectivity index (χ3n) is 3.23. The molecule has 0 fully saturated rings. The van der Waals surface area contributed by atoms with Crippen molar-refractivity contribution in [3.05, 3.63) is 46.9 Å². The van der Waals surface area contributed by atoms with Crippen LogP contribution in [0, 0.1) is 0 Å². The van der Waals surface area contributed by atoms with E-state index < -0.39 is 11.8 Å². The Bertz CT molecular complexity index is 723. The van der Waals surface area contributed by atoms with Crippen LogP contribution in [0.2, 0.25) is 0 Å². The van der Waals surface area contributed by atoms with Gasteiger partial charge in [-0.2, -0.15) is 0 Å². The average Bonchev–Trinajstić information content (AvgIpc) is 3.13. The molecule has 2 heterocycles. The number of imide groups is 1. The third kappa shape index (κ3) is 2.76. The van der Waals surface area contributed by atoms with E-state index in [0.717, 1.165) is 16.2 Å². The van der Waals surface area contributed by atoms with E-state index in [2.05, 4.69) is 10.3 Å². The van der Waals surface area contributed by atoms with Crippen LogP contribution in [0.15, 0.2) is 46.9 Å². The SMILES string of the molecule is O=C1C=C(Nc2ccc(-c3cscn3)cc2)C(=O)N1CCO. The smallest absolute Gasteiger partial charge is 0.277 e. The first-order valence-corrected chi connectivity index (χ1v) is 7.57. The van der Waals surface area contributed by atoms with Crippen LogP contribution in [0.5, 0.6) is 0 Å². The van der Waals surface area contributed by atoms with Crippen LogP contribution < -0.4 is 5.32 Å². The van der Waals surface area contributed by atoms with E-state index in [1.165, 1.54) is 17.4 Å². The highest BCUT2D eigenvalue weighted by molar-refractivity contribution is 7.07. The molecular formula is C15H13N3O3S. The first kappa shape index (κ1) is 14.4. The summed E-state index contributed by atoms with van der Waals surface area (Å²) in [4.78, 5) is 28.9. The maximum Gasteiger partial charge on any atom is 0.277 e. The fourth-order valence-electron chi connectivity index (χ4n) is 2.14. The largest absolute Gasteiger partial charge is 0.395 e. The zero-order valence-corrected chi connectivity index (χ0v) is 12.3. The number of aliphatic hydroxyl groups excluding tert-OH is 1. The minimum Gasteiger partial charge on any atom is -0.395 e. The van der Waals surface area contributed by atoms with Crippen molar-refractivity contribution in [2.45, 2.75) is 0 Å². The minimum atomic E-state index is -0.428. The minimum absolute atomic E-state index is 0.00209. The Morgan fingerprint density at radius 1 is 1.23 bits per heavy atom. The quantitative estimate of drug-likeness (QED) is 0.817. The maximum absolute atomic E-state index is 12.0. The summed E-state index contributed by atoms with van der Waals surface area (Å²) in [5.74, 6) is -0.844. The normalized spacial score (nSPS) is 14.4. The van der Waals surface area contributed by atoms with Crippen LogP contribution in [-0.2, 0) is 9.59 Å². The molecule has 3 rings (SSSR count). The molecule has 0 saturated heterocycles. The average molecular weight is 315 g/mol. The number of nitrogens with one attached hydrogen (secondary N) is 1. The van der Waals surface area contributed by atoms with Crippen molar-refractivity contribution >= 4 is 28.8 Å². The van der Waals surface area contributed by atoms with Crippen molar-refractivity contribution in [3.63, 3.8) is 0 Å². The number of hydrogen-bond donors (Lipinski definition) is 2. The summed E-state index contributed by atoms with van der Waals surface area (Å²) >= 11 is 1.53. The van der Waals surface area contributed by atoms with E-state index in [0.29, 0.717) is 5.69 Å². The van der Waals surface area contributed by atoms with Gasteiger partial charge in [0.2, 0.25) is 0 Å². The predicted molar refractivity (Wildman–Crippen MR) is 83.1 cm³/mol. The number of anilines is 1. The van der Waals surface area contributed by atoms with Crippen molar-refractivity contribution in [1.82, 2.24) is 9.88 Å². The number of nitrogens with zero attached hydrogens (tertiary/aromatic N) is 2. The summed E-state index contributed by atoms with van der Waals surface area (Å²) in [6, 6.07) is 7.43. The molecule has 0 spiro atoms. The van der Waals surface area contributed by atoms with Crippen molar-refractivity contribution in [1.29, 1.82) is 0 Å². The number of thiazole rings is 1. The molecule has 112 valence electrons. The van der Waals surface area contributed by atoms with Crippen molar-refractivity contribution in [2.24, 2.45) is 0 Å². The Morgan fingerprint density at radius 2 is 2.00 bits per heavy atom. The molecule has 0 aliphatic carbocycles. The molecule has 2 aromatic rings. The molecule has 7 heteroatoms. The van der Waals surface area contributed by atoms with Crippen LogP contribution in [-0.4, -0.2) is 40.0 Å². The summed E-state index contributed by atoms with van der Waals surface area (Å²) < 4.78 is 0. The molecule has 2 amide bonds. The lowest BCUT2D eigenvalue weighted by atomic mass is 10.1. The zero-order valence-electron chi connectivity index (χ0n) is 11.5. The van der Waals surface area contributed by atoms with Crippen LogP contribution >= 0.6 is 11.3 Å². The third-order valence-corrected chi connectivity index (χ3v) is 3.81. The topological polar surface area (TPSA) is 82.5 Å². The van der Waals surface area contributed by atoms with Crippen LogP contribution in [0.3, 0.4) is 0 Å². The van der Waals surface area contributed by atoms with Gasteiger partial charge in [-0.25, -0.2) is 4.98 Å². The monoisotopic (exact) mass is 315 g/mol. The highest BCUT2D eigenvalue weighted by Gasteiger charge is 2.30. The van der Waals surface area contributed by atoms with Crippen LogP contribution in [0.1, 0.15) is 0 Å². The molecule has 6 nitrogen and oxygen atoms in total. The van der Waals surface area contributed by atoms with Gasteiger partial charge >= 0.3 is 0 Å². The second-order valence-electron chi connectivity index (χ2n) is 4.65. The number of aromatic nitrogens is 1. The number of benzene rings is 1. The van der Waals surface area contributed by atoms with Gasteiger partial charge in [0, 0.05) is 22.7 Å². The second kappa shape index (κ2) is 6.08. The highest BCUT2D eigenvalue weighted by atomic mass is 32.1. The zero-order chi connectivity index (χ0) is 15.5. The number of β-amino-alcohol motifs (C(OH)–C–C–N with tert-alkyl or cyclic N) is 1. The molecule has 1 aromatic carbocycles. The van der Waals surface area contributed by atoms with E-state index in [-0.39, 0.29) is 18.8 Å². The Kier molecular flexibility index (Phi) is 3.99. The Morgan fingerprint density at radius 3 is 2.64 bits per heavy atom. The lowest BCUT2D eigenvalue weighted by molar-refractivity contribution is -0.137. The molecule has 0 atom stereocenters. The number of amides is 2. The van der Waals surface area contributed by atoms with Gasteiger partial charge in [-0.15, -0.1) is 11.3 Å². The van der Waals surface area contributed by atoms with Crippen molar-refractivity contribution < 1.29 is 14.7 Å². The van der Waals surface area contributed by atoms with Gasteiger partial charge in [-0.1, -0.05) is 12.1 Å². The summed E-state index contributed by atoms with van der Waals surface area (Å²) in [7, 11) is 0. The van der Waals surface area contributed by atoms with E-state index in [4.69, 9.17) is 5.11 Å². The Hall–Kier alpha value is -2.51. The lowest BCUT2D eigenvalue weighted by Crippen LogP contribution is -2.34. The van der Waals surface area contributed by atoms with Gasteiger partial charge in [0.05, 0.1) is 24.4 Å². The van der Waals surface area contributed by atoms with Gasteiger partial charge in [-0.3, -0.25) is 14.5 Å². The molecule has 0 unspecified atom stereocenters. The first-order valence-electron chi connectivity index (χ1n) is 6.63. The summed E-state index contributed by atoms with van der Waals surface area (Å²) in [6.07, 6.45) is 1.24. The molecular weight excluding hydrogens is 302 g/mol. The lowest BCUT2D eigenvalue weighted by Gasteiger charge is -2.13.